The van der Waals surface area contributed by atoms with E-state index in [0.717, 1.165) is 22.4 Å². The third-order valence-corrected chi connectivity index (χ3v) is 14.8. The number of aryl methyl sites for hydroxylation is 1. The van der Waals surface area contributed by atoms with Gasteiger partial charge in [-0.05, 0) is 86.3 Å². The van der Waals surface area contributed by atoms with Crippen molar-refractivity contribution in [3.05, 3.63) is 46.5 Å². The number of nitrogens with zero attached hydrogens (tertiary/aromatic N) is 1. The minimum absolute atomic E-state index is 0.0741. The standard InChI is InChI=1S/C28H41NO8SSi/c1-9-39(10-2,11-3)37-21(7)26(28(30)31)29(16-22-12-13-23-25(15-22)36-17-35-23)38(32,33)27-18(4)14-24(34-8)19(5)20(27)6/h12-15,21,26H,9-11,16-17H2,1-8H3,(H,30,31)/t21-,26+/m0/s1. The zero-order valence-electron chi connectivity index (χ0n) is 24.2. The lowest BCUT2D eigenvalue weighted by molar-refractivity contribution is -0.144. The van der Waals surface area contributed by atoms with Gasteiger partial charge < -0.3 is 23.7 Å². The van der Waals surface area contributed by atoms with Crippen LogP contribution in [0, 0.1) is 20.8 Å². The largest absolute Gasteiger partial charge is 0.496 e. The van der Waals surface area contributed by atoms with E-state index in [1.807, 2.05) is 0 Å². The maximum Gasteiger partial charge on any atom is 0.324 e. The van der Waals surface area contributed by atoms with E-state index in [2.05, 4.69) is 20.8 Å². The Labute approximate surface area is 233 Å². The average molecular weight is 580 g/mol. The van der Waals surface area contributed by atoms with Crippen molar-refractivity contribution in [2.75, 3.05) is 13.9 Å². The minimum atomic E-state index is -4.33. The van der Waals surface area contributed by atoms with E-state index in [0.29, 0.717) is 39.5 Å². The molecule has 2 aromatic carbocycles. The highest BCUT2D eigenvalue weighted by atomic mass is 32.2. The van der Waals surface area contributed by atoms with Crippen LogP contribution >= 0.6 is 0 Å². The number of carbonyl (C=O) groups is 1. The average Bonchev–Trinajstić information content (AvgIpc) is 3.36. The molecule has 0 saturated heterocycles. The fourth-order valence-corrected chi connectivity index (χ4v) is 10.4. The maximum absolute atomic E-state index is 14.5. The van der Waals surface area contributed by atoms with Gasteiger partial charge >= 0.3 is 5.97 Å². The van der Waals surface area contributed by atoms with Gasteiger partial charge in [0.25, 0.3) is 0 Å². The van der Waals surface area contributed by atoms with Gasteiger partial charge in [0.15, 0.2) is 19.8 Å². The van der Waals surface area contributed by atoms with Gasteiger partial charge in [0.2, 0.25) is 16.8 Å². The van der Waals surface area contributed by atoms with Gasteiger partial charge in [-0.2, -0.15) is 4.31 Å². The normalized spacial score (nSPS) is 14.9. The summed E-state index contributed by atoms with van der Waals surface area (Å²) in [4.78, 5) is 13.0. The van der Waals surface area contributed by atoms with Crippen molar-refractivity contribution in [1.82, 2.24) is 4.31 Å². The molecule has 1 aliphatic heterocycles. The highest BCUT2D eigenvalue weighted by molar-refractivity contribution is 7.89. The van der Waals surface area contributed by atoms with Crippen LogP contribution in [0.25, 0.3) is 0 Å². The molecule has 1 N–H and O–H groups in total. The first kappa shape index (κ1) is 30.9. The smallest absolute Gasteiger partial charge is 0.324 e. The van der Waals surface area contributed by atoms with Crippen molar-refractivity contribution in [3.8, 4) is 17.2 Å². The molecular weight excluding hydrogens is 538 g/mol. The second-order valence-electron chi connectivity index (χ2n) is 10.1. The fraction of sp³-hybridized carbons (Fsp3) is 0.536. The highest BCUT2D eigenvalue weighted by Gasteiger charge is 2.44. The maximum atomic E-state index is 14.5. The molecule has 0 radical (unpaired) electrons. The van der Waals surface area contributed by atoms with Crippen LogP contribution in [0.4, 0.5) is 0 Å². The molecule has 0 aromatic heterocycles. The van der Waals surface area contributed by atoms with Gasteiger partial charge in [-0.15, -0.1) is 0 Å². The molecule has 9 nitrogen and oxygen atoms in total. The Bertz CT molecular complexity index is 1300. The number of hydrogen-bond acceptors (Lipinski definition) is 7. The molecule has 0 spiro atoms. The number of fused-ring (bicyclic) bond motifs is 1. The Morgan fingerprint density at radius 3 is 2.23 bits per heavy atom. The van der Waals surface area contributed by atoms with E-state index < -0.39 is 36.5 Å². The molecule has 0 saturated carbocycles. The van der Waals surface area contributed by atoms with Gasteiger partial charge in [0.05, 0.1) is 18.1 Å². The summed E-state index contributed by atoms with van der Waals surface area (Å²) in [5.41, 5.74) is 2.24. The van der Waals surface area contributed by atoms with E-state index in [1.165, 1.54) is 7.11 Å². The number of ether oxygens (including phenoxy) is 3. The van der Waals surface area contributed by atoms with Crippen LogP contribution in [-0.4, -0.2) is 58.2 Å². The first-order chi connectivity index (χ1) is 18.3. The molecule has 0 fully saturated rings. The van der Waals surface area contributed by atoms with Gasteiger partial charge in [-0.25, -0.2) is 8.42 Å². The molecule has 0 aliphatic carbocycles. The molecule has 2 aromatic rings. The Morgan fingerprint density at radius 1 is 1.05 bits per heavy atom. The third-order valence-electron chi connectivity index (χ3n) is 7.92. The highest BCUT2D eigenvalue weighted by Crippen LogP contribution is 2.37. The number of methoxy groups -OCH3 is 1. The first-order valence-electron chi connectivity index (χ1n) is 13.3. The summed E-state index contributed by atoms with van der Waals surface area (Å²) in [6.45, 7) is 12.9. The van der Waals surface area contributed by atoms with Crippen molar-refractivity contribution in [3.63, 3.8) is 0 Å². The van der Waals surface area contributed by atoms with E-state index in [9.17, 15) is 18.3 Å². The molecule has 2 atom stereocenters. The van der Waals surface area contributed by atoms with E-state index >= 15 is 0 Å². The molecule has 0 bridgehead atoms. The predicted molar refractivity (Wildman–Crippen MR) is 152 cm³/mol. The summed E-state index contributed by atoms with van der Waals surface area (Å²) in [7, 11) is -5.05. The molecule has 216 valence electrons. The number of benzene rings is 2. The Balaban J connectivity index is 2.20. The van der Waals surface area contributed by atoms with Crippen LogP contribution in [0.3, 0.4) is 0 Å². The Kier molecular flexibility index (Phi) is 9.74. The van der Waals surface area contributed by atoms with Crippen LogP contribution in [0.5, 0.6) is 17.2 Å². The monoisotopic (exact) mass is 579 g/mol. The molecule has 39 heavy (non-hydrogen) atoms. The zero-order chi connectivity index (χ0) is 29.1. The number of carboxylic acid groups (broad SMARTS) is 1. The fourth-order valence-electron chi connectivity index (χ4n) is 5.32. The van der Waals surface area contributed by atoms with Gasteiger partial charge in [0.1, 0.15) is 11.8 Å². The summed E-state index contributed by atoms with van der Waals surface area (Å²) < 4.78 is 53.0. The number of sulfonamides is 1. The van der Waals surface area contributed by atoms with E-state index in [-0.39, 0.29) is 18.2 Å². The molecule has 0 unspecified atom stereocenters. The molecule has 11 heteroatoms. The summed E-state index contributed by atoms with van der Waals surface area (Å²) in [6.07, 6.45) is -0.877. The third kappa shape index (κ3) is 6.11. The van der Waals surface area contributed by atoms with Crippen LogP contribution in [-0.2, 0) is 25.8 Å². The van der Waals surface area contributed by atoms with Gasteiger partial charge in [-0.1, -0.05) is 26.8 Å². The van der Waals surface area contributed by atoms with Gasteiger partial charge in [-0.3, -0.25) is 4.79 Å². The van der Waals surface area contributed by atoms with Crippen molar-refractivity contribution in [1.29, 1.82) is 0 Å². The summed E-state index contributed by atoms with van der Waals surface area (Å²) >= 11 is 0. The SMILES string of the molecule is CC[Si](CC)(CC)O[C@@H](C)[C@H](C(=O)O)N(Cc1ccc2c(c1)OCO2)S(=O)(=O)c1c(C)cc(OC)c(C)c1C. The molecule has 3 rings (SSSR count). The number of carboxylic acids is 1. The lowest BCUT2D eigenvalue weighted by atomic mass is 10.1. The van der Waals surface area contributed by atoms with Crippen LogP contribution in [0.2, 0.25) is 18.1 Å². The van der Waals surface area contributed by atoms with E-state index in [1.54, 1.807) is 52.0 Å². The zero-order valence-corrected chi connectivity index (χ0v) is 26.0. The van der Waals surface area contributed by atoms with E-state index in [4.69, 9.17) is 18.6 Å². The van der Waals surface area contributed by atoms with Crippen molar-refractivity contribution in [2.24, 2.45) is 0 Å². The minimum Gasteiger partial charge on any atom is -0.496 e. The Hall–Kier alpha value is -2.60. The van der Waals surface area contributed by atoms with Crippen molar-refractivity contribution < 1.29 is 37.0 Å². The Morgan fingerprint density at radius 2 is 1.67 bits per heavy atom. The van der Waals surface area contributed by atoms with Crippen molar-refractivity contribution in [2.45, 2.75) is 90.2 Å². The van der Waals surface area contributed by atoms with Crippen molar-refractivity contribution >= 4 is 24.3 Å². The van der Waals surface area contributed by atoms with Crippen LogP contribution in [0.15, 0.2) is 29.2 Å². The second-order valence-corrected chi connectivity index (χ2v) is 16.6. The number of hydrogen-bond donors (Lipinski definition) is 1. The molecule has 1 heterocycles. The van der Waals surface area contributed by atoms with Crippen LogP contribution in [0.1, 0.15) is 49.9 Å². The quantitative estimate of drug-likeness (QED) is 0.314. The lowest BCUT2D eigenvalue weighted by Crippen LogP contribution is -2.54. The summed E-state index contributed by atoms with van der Waals surface area (Å²) in [6, 6.07) is 7.76. The molecular formula is C28H41NO8SSi. The lowest BCUT2D eigenvalue weighted by Gasteiger charge is -2.38. The molecule has 0 amide bonds. The topological polar surface area (TPSA) is 112 Å². The molecule has 1 aliphatic rings. The second kappa shape index (κ2) is 12.3. The number of rotatable bonds is 13. The summed E-state index contributed by atoms with van der Waals surface area (Å²) in [5.74, 6) is 0.353. The predicted octanol–water partition coefficient (Wildman–Crippen LogP) is 5.40. The van der Waals surface area contributed by atoms with Gasteiger partial charge in [0, 0.05) is 6.54 Å². The summed E-state index contributed by atoms with van der Waals surface area (Å²) in [5, 5.41) is 10.5. The van der Waals surface area contributed by atoms with Crippen LogP contribution < -0.4 is 14.2 Å². The first-order valence-corrected chi connectivity index (χ1v) is 17.3. The number of aliphatic carboxylic acids is 1.